The number of sulfonamides is 1. The van der Waals surface area contributed by atoms with Gasteiger partial charge in [-0.25, -0.2) is 26.6 Å². The first-order chi connectivity index (χ1) is 15.1. The van der Waals surface area contributed by atoms with Gasteiger partial charge in [0.05, 0.1) is 21.2 Å². The van der Waals surface area contributed by atoms with Gasteiger partial charge in [-0.2, -0.15) is 0 Å². The molecule has 2 heterocycles. The third-order valence-corrected chi connectivity index (χ3v) is 6.46. The molecule has 0 saturated carbocycles. The maximum Gasteiger partial charge on any atom is 0.262 e. The van der Waals surface area contributed by atoms with E-state index in [9.17, 15) is 22.0 Å². The number of hydrogen-bond donors (Lipinski definition) is 2. The fourth-order valence-electron chi connectivity index (χ4n) is 3.25. The Morgan fingerprint density at radius 2 is 1.88 bits per heavy atom. The molecule has 2 N–H and O–H groups in total. The lowest BCUT2D eigenvalue weighted by Crippen LogP contribution is -2.17. The zero-order valence-corrected chi connectivity index (χ0v) is 17.8. The van der Waals surface area contributed by atoms with Crippen molar-refractivity contribution in [2.45, 2.75) is 11.8 Å². The van der Waals surface area contributed by atoms with E-state index in [1.807, 2.05) is 4.72 Å². The number of H-pyrrole nitrogens is 1. The molecule has 164 valence electrons. The smallest absolute Gasteiger partial charge is 0.262 e. The molecule has 0 spiro atoms. The molecule has 6 nitrogen and oxygen atoms in total. The van der Waals surface area contributed by atoms with Crippen LogP contribution in [0, 0.1) is 24.4 Å². The standard InChI is InChI=1S/C21H13ClF3N3O3S/c1-10-6-12(23)2-5-17(10)32(30,31)28-16-4-3-15(24)18(19(16)25)20(29)14-9-27-21-13(14)7-11(22)8-26-21/h2-9,28H,1H3,(H,26,27). The molecule has 0 aliphatic heterocycles. The molecule has 32 heavy (non-hydrogen) atoms. The number of nitrogens with one attached hydrogen (secondary N) is 2. The van der Waals surface area contributed by atoms with Crippen LogP contribution in [0.3, 0.4) is 0 Å². The second-order valence-electron chi connectivity index (χ2n) is 6.88. The SMILES string of the molecule is Cc1cc(F)ccc1S(=O)(=O)Nc1ccc(F)c(C(=O)c2c[nH]c3ncc(Cl)cc23)c1F. The number of ketones is 1. The van der Waals surface area contributed by atoms with E-state index >= 15 is 4.39 Å². The van der Waals surface area contributed by atoms with Crippen molar-refractivity contribution in [1.29, 1.82) is 0 Å². The summed E-state index contributed by atoms with van der Waals surface area (Å²) < 4.78 is 70.3. The van der Waals surface area contributed by atoms with Gasteiger partial charge in [0.1, 0.15) is 17.3 Å². The summed E-state index contributed by atoms with van der Waals surface area (Å²) in [6.45, 7) is 1.36. The minimum atomic E-state index is -4.36. The monoisotopic (exact) mass is 479 g/mol. The van der Waals surface area contributed by atoms with Crippen LogP contribution in [0.4, 0.5) is 18.9 Å². The Morgan fingerprint density at radius 1 is 1.12 bits per heavy atom. The number of carbonyl (C=O) groups excluding carboxylic acids is 1. The average Bonchev–Trinajstić information content (AvgIpc) is 3.12. The summed E-state index contributed by atoms with van der Waals surface area (Å²) in [6, 6.07) is 5.99. The number of carbonyl (C=O) groups is 1. The molecule has 4 rings (SSSR count). The van der Waals surface area contributed by atoms with Gasteiger partial charge in [-0.05, 0) is 48.9 Å². The van der Waals surface area contributed by atoms with E-state index in [0.717, 1.165) is 30.3 Å². The van der Waals surface area contributed by atoms with Crippen molar-refractivity contribution >= 4 is 44.1 Å². The van der Waals surface area contributed by atoms with Crippen LogP contribution >= 0.6 is 11.6 Å². The number of pyridine rings is 1. The Balaban J connectivity index is 1.77. The fourth-order valence-corrected chi connectivity index (χ4v) is 4.70. The van der Waals surface area contributed by atoms with E-state index in [0.29, 0.717) is 0 Å². The van der Waals surface area contributed by atoms with Crippen LogP contribution in [-0.4, -0.2) is 24.2 Å². The van der Waals surface area contributed by atoms with Crippen molar-refractivity contribution in [2.24, 2.45) is 0 Å². The molecule has 11 heteroatoms. The van der Waals surface area contributed by atoms with Crippen LogP contribution in [0.5, 0.6) is 0 Å². The Labute approximate surface area is 185 Å². The van der Waals surface area contributed by atoms with Gasteiger partial charge in [0.25, 0.3) is 10.0 Å². The van der Waals surface area contributed by atoms with Crippen molar-refractivity contribution in [3.63, 3.8) is 0 Å². The summed E-state index contributed by atoms with van der Waals surface area (Å²) in [5.74, 6) is -4.26. The number of aryl methyl sites for hydroxylation is 1. The van der Waals surface area contributed by atoms with Crippen LogP contribution in [0.1, 0.15) is 21.5 Å². The number of rotatable bonds is 5. The third-order valence-electron chi connectivity index (χ3n) is 4.73. The number of aromatic amines is 1. The lowest BCUT2D eigenvalue weighted by molar-refractivity contribution is 0.103. The number of aromatic nitrogens is 2. The highest BCUT2D eigenvalue weighted by atomic mass is 35.5. The van der Waals surface area contributed by atoms with Crippen molar-refractivity contribution in [3.8, 4) is 0 Å². The van der Waals surface area contributed by atoms with E-state index in [1.165, 1.54) is 25.4 Å². The summed E-state index contributed by atoms with van der Waals surface area (Å²) in [6.07, 6.45) is 2.57. The Kier molecular flexibility index (Phi) is 5.43. The van der Waals surface area contributed by atoms with Gasteiger partial charge in [-0.15, -0.1) is 0 Å². The number of hydrogen-bond acceptors (Lipinski definition) is 4. The first-order valence-corrected chi connectivity index (χ1v) is 10.9. The quantitative estimate of drug-likeness (QED) is 0.395. The first-order valence-electron chi connectivity index (χ1n) is 9.03. The van der Waals surface area contributed by atoms with Crippen molar-refractivity contribution in [1.82, 2.24) is 9.97 Å². The largest absolute Gasteiger partial charge is 0.345 e. The fraction of sp³-hybridized carbons (Fsp3) is 0.0476. The molecular weight excluding hydrogens is 467 g/mol. The van der Waals surface area contributed by atoms with Gasteiger partial charge in [-0.3, -0.25) is 9.52 Å². The van der Waals surface area contributed by atoms with E-state index in [1.54, 1.807) is 0 Å². The predicted molar refractivity (Wildman–Crippen MR) is 113 cm³/mol. The van der Waals surface area contributed by atoms with E-state index in [-0.39, 0.29) is 32.1 Å². The van der Waals surface area contributed by atoms with Crippen LogP contribution in [0.15, 0.2) is 53.7 Å². The number of nitrogens with zero attached hydrogens (tertiary/aromatic N) is 1. The van der Waals surface area contributed by atoms with Gasteiger partial charge in [0.2, 0.25) is 5.78 Å². The summed E-state index contributed by atoms with van der Waals surface area (Å²) in [5, 5.41) is 0.456. The zero-order chi connectivity index (χ0) is 23.2. The molecule has 0 aliphatic carbocycles. The number of fused-ring (bicyclic) bond motifs is 1. The second-order valence-corrected chi connectivity index (χ2v) is 8.97. The summed E-state index contributed by atoms with van der Waals surface area (Å²) in [4.78, 5) is 19.4. The lowest BCUT2D eigenvalue weighted by Gasteiger charge is -2.13. The molecule has 0 bridgehead atoms. The van der Waals surface area contributed by atoms with E-state index in [4.69, 9.17) is 11.6 Å². The molecule has 0 fully saturated rings. The molecular formula is C21H13ClF3N3O3S. The highest BCUT2D eigenvalue weighted by Gasteiger charge is 2.27. The van der Waals surface area contributed by atoms with Crippen LogP contribution in [-0.2, 0) is 10.0 Å². The maximum absolute atomic E-state index is 15.2. The summed E-state index contributed by atoms with van der Waals surface area (Å²) >= 11 is 5.90. The summed E-state index contributed by atoms with van der Waals surface area (Å²) in [5.41, 5.74) is -1.33. The van der Waals surface area contributed by atoms with Crippen molar-refractivity contribution in [3.05, 3.63) is 88.0 Å². The minimum absolute atomic E-state index is 0.0829. The minimum Gasteiger partial charge on any atom is -0.345 e. The summed E-state index contributed by atoms with van der Waals surface area (Å²) in [7, 11) is -4.36. The first kappa shape index (κ1) is 21.8. The molecule has 0 saturated heterocycles. The second kappa shape index (κ2) is 7.95. The van der Waals surface area contributed by atoms with Gasteiger partial charge < -0.3 is 4.98 Å². The Morgan fingerprint density at radius 3 is 2.59 bits per heavy atom. The van der Waals surface area contributed by atoms with Crippen LogP contribution in [0.2, 0.25) is 5.02 Å². The molecule has 0 aliphatic rings. The Bertz CT molecular complexity index is 1500. The normalized spacial score (nSPS) is 11.7. The van der Waals surface area contributed by atoms with Gasteiger partial charge in [-0.1, -0.05) is 11.6 Å². The van der Waals surface area contributed by atoms with Gasteiger partial charge >= 0.3 is 0 Å². The number of halogens is 4. The lowest BCUT2D eigenvalue weighted by atomic mass is 10.0. The number of benzene rings is 2. The molecule has 0 atom stereocenters. The highest BCUT2D eigenvalue weighted by Crippen LogP contribution is 2.29. The van der Waals surface area contributed by atoms with E-state index in [2.05, 4.69) is 9.97 Å². The van der Waals surface area contributed by atoms with Crippen molar-refractivity contribution < 1.29 is 26.4 Å². The molecule has 2 aromatic carbocycles. The molecule has 0 amide bonds. The maximum atomic E-state index is 15.2. The molecule has 0 unspecified atom stereocenters. The van der Waals surface area contributed by atoms with Crippen LogP contribution in [0.25, 0.3) is 11.0 Å². The molecule has 4 aromatic rings. The topological polar surface area (TPSA) is 91.9 Å². The molecule has 2 aromatic heterocycles. The predicted octanol–water partition coefficient (Wildman–Crippen LogP) is 4.97. The van der Waals surface area contributed by atoms with Crippen molar-refractivity contribution in [2.75, 3.05) is 4.72 Å². The number of anilines is 1. The Hall–Kier alpha value is -3.37. The van der Waals surface area contributed by atoms with Crippen LogP contribution < -0.4 is 4.72 Å². The zero-order valence-electron chi connectivity index (χ0n) is 16.2. The average molecular weight is 480 g/mol. The highest BCUT2D eigenvalue weighted by molar-refractivity contribution is 7.92. The van der Waals surface area contributed by atoms with E-state index < -0.39 is 44.5 Å². The van der Waals surface area contributed by atoms with Gasteiger partial charge in [0.15, 0.2) is 5.82 Å². The third kappa shape index (κ3) is 3.82. The van der Waals surface area contributed by atoms with Gasteiger partial charge in [0, 0.05) is 23.3 Å². The molecule has 0 radical (unpaired) electrons.